The summed E-state index contributed by atoms with van der Waals surface area (Å²) in [6.45, 7) is 4.28. The minimum absolute atomic E-state index is 0.978. The summed E-state index contributed by atoms with van der Waals surface area (Å²) < 4.78 is 5.29. The monoisotopic (exact) mass is 225 g/mol. The first kappa shape index (κ1) is 12.4. The Morgan fingerprint density at radius 2 is 2.13 bits per heavy atom. The van der Waals surface area contributed by atoms with Gasteiger partial charge in [-0.15, -0.1) is 11.8 Å². The third-order valence-electron chi connectivity index (χ3n) is 2.07. The van der Waals surface area contributed by atoms with E-state index >= 15 is 0 Å². The van der Waals surface area contributed by atoms with Crippen molar-refractivity contribution >= 4 is 11.8 Å². The lowest BCUT2D eigenvalue weighted by Crippen LogP contribution is -2.14. The maximum absolute atomic E-state index is 5.29. The van der Waals surface area contributed by atoms with E-state index in [0.29, 0.717) is 0 Å². The van der Waals surface area contributed by atoms with E-state index in [-0.39, 0.29) is 0 Å². The number of hydrogen-bond donors (Lipinski definition) is 1. The van der Waals surface area contributed by atoms with E-state index in [0.717, 1.165) is 24.6 Å². The summed E-state index contributed by atoms with van der Waals surface area (Å²) in [6, 6.07) is 8.17. The second-order valence-corrected chi connectivity index (χ2v) is 4.34. The summed E-state index contributed by atoms with van der Waals surface area (Å²) in [7, 11) is 1.72. The van der Waals surface area contributed by atoms with Gasteiger partial charge in [0.05, 0.1) is 7.11 Å². The molecule has 0 aromatic heterocycles. The standard InChI is InChI=1S/C12H19NOS/c1-3-13-9-6-10-15-12-8-5-4-7-11(12)14-2/h4-5,7-8,13H,3,6,9-10H2,1-2H3. The first-order chi connectivity index (χ1) is 7.38. The molecule has 0 atom stereocenters. The molecule has 0 aliphatic carbocycles. The van der Waals surface area contributed by atoms with Crippen LogP contribution in [0.1, 0.15) is 13.3 Å². The molecule has 1 rings (SSSR count). The van der Waals surface area contributed by atoms with Gasteiger partial charge in [-0.3, -0.25) is 0 Å². The Morgan fingerprint density at radius 3 is 2.87 bits per heavy atom. The zero-order valence-electron chi connectivity index (χ0n) is 9.45. The van der Waals surface area contributed by atoms with Gasteiger partial charge in [-0.2, -0.15) is 0 Å². The van der Waals surface area contributed by atoms with Gasteiger partial charge in [0.2, 0.25) is 0 Å². The van der Waals surface area contributed by atoms with Crippen molar-refractivity contribution in [1.29, 1.82) is 0 Å². The molecule has 1 N–H and O–H groups in total. The van der Waals surface area contributed by atoms with Crippen molar-refractivity contribution in [1.82, 2.24) is 5.32 Å². The second kappa shape index (κ2) is 7.60. The van der Waals surface area contributed by atoms with Crippen LogP contribution in [0.4, 0.5) is 0 Å². The predicted molar refractivity (Wildman–Crippen MR) is 66.9 cm³/mol. The highest BCUT2D eigenvalue weighted by Gasteiger charge is 2.00. The van der Waals surface area contributed by atoms with Crippen molar-refractivity contribution in [2.24, 2.45) is 0 Å². The second-order valence-electron chi connectivity index (χ2n) is 3.21. The lowest BCUT2D eigenvalue weighted by atomic mass is 10.3. The number of methoxy groups -OCH3 is 1. The van der Waals surface area contributed by atoms with Crippen LogP contribution in [-0.2, 0) is 0 Å². The zero-order valence-corrected chi connectivity index (χ0v) is 10.3. The zero-order chi connectivity index (χ0) is 10.9. The largest absolute Gasteiger partial charge is 0.496 e. The van der Waals surface area contributed by atoms with Crippen LogP contribution in [0.2, 0.25) is 0 Å². The fraction of sp³-hybridized carbons (Fsp3) is 0.500. The number of thioether (sulfide) groups is 1. The Balaban J connectivity index is 2.30. The lowest BCUT2D eigenvalue weighted by molar-refractivity contribution is 0.405. The molecule has 0 radical (unpaired) electrons. The van der Waals surface area contributed by atoms with Gasteiger partial charge < -0.3 is 10.1 Å². The molecule has 0 unspecified atom stereocenters. The lowest BCUT2D eigenvalue weighted by Gasteiger charge is -2.07. The minimum Gasteiger partial charge on any atom is -0.496 e. The van der Waals surface area contributed by atoms with Crippen molar-refractivity contribution in [3.8, 4) is 5.75 Å². The average molecular weight is 225 g/mol. The number of nitrogens with one attached hydrogen (secondary N) is 1. The van der Waals surface area contributed by atoms with Crippen LogP contribution in [0.25, 0.3) is 0 Å². The predicted octanol–water partition coefficient (Wildman–Crippen LogP) is 2.79. The first-order valence-corrected chi connectivity index (χ1v) is 6.33. The number of para-hydroxylation sites is 1. The van der Waals surface area contributed by atoms with Gasteiger partial charge >= 0.3 is 0 Å². The maximum Gasteiger partial charge on any atom is 0.132 e. The van der Waals surface area contributed by atoms with Gasteiger partial charge in [0.1, 0.15) is 5.75 Å². The van der Waals surface area contributed by atoms with Gasteiger partial charge in [-0.05, 0) is 37.4 Å². The van der Waals surface area contributed by atoms with Crippen LogP contribution in [0, 0.1) is 0 Å². The molecule has 0 saturated heterocycles. The van der Waals surface area contributed by atoms with E-state index in [4.69, 9.17) is 4.74 Å². The molecular formula is C12H19NOS. The van der Waals surface area contributed by atoms with Crippen molar-refractivity contribution in [3.05, 3.63) is 24.3 Å². The van der Waals surface area contributed by atoms with Gasteiger partial charge in [-0.1, -0.05) is 19.1 Å². The Bertz CT molecular complexity index is 278. The molecule has 0 aliphatic heterocycles. The fourth-order valence-corrected chi connectivity index (χ4v) is 2.27. The number of ether oxygens (including phenoxy) is 1. The van der Waals surface area contributed by atoms with Crippen LogP contribution < -0.4 is 10.1 Å². The Morgan fingerprint density at radius 1 is 1.33 bits per heavy atom. The van der Waals surface area contributed by atoms with Gasteiger partial charge in [0.15, 0.2) is 0 Å². The molecule has 0 aliphatic rings. The SMILES string of the molecule is CCNCCCSc1ccccc1OC. The highest BCUT2D eigenvalue weighted by molar-refractivity contribution is 7.99. The molecule has 2 nitrogen and oxygen atoms in total. The highest BCUT2D eigenvalue weighted by Crippen LogP contribution is 2.28. The van der Waals surface area contributed by atoms with E-state index in [1.165, 1.54) is 11.3 Å². The summed E-state index contributed by atoms with van der Waals surface area (Å²) >= 11 is 1.86. The molecule has 1 aromatic rings. The molecule has 0 fully saturated rings. The van der Waals surface area contributed by atoms with Crippen LogP contribution in [0.5, 0.6) is 5.75 Å². The molecule has 0 heterocycles. The van der Waals surface area contributed by atoms with Crippen LogP contribution in [0.3, 0.4) is 0 Å². The summed E-state index contributed by atoms with van der Waals surface area (Å²) in [5.41, 5.74) is 0. The van der Waals surface area contributed by atoms with Crippen molar-refractivity contribution in [2.75, 3.05) is 26.0 Å². The molecule has 0 amide bonds. The first-order valence-electron chi connectivity index (χ1n) is 5.35. The third kappa shape index (κ3) is 4.58. The van der Waals surface area contributed by atoms with Crippen molar-refractivity contribution in [3.63, 3.8) is 0 Å². The van der Waals surface area contributed by atoms with Crippen LogP contribution in [-0.4, -0.2) is 26.0 Å². The quantitative estimate of drug-likeness (QED) is 0.569. The minimum atomic E-state index is 0.978. The Labute approximate surface area is 96.4 Å². The highest BCUT2D eigenvalue weighted by atomic mass is 32.2. The summed E-state index contributed by atoms with van der Waals surface area (Å²) in [6.07, 6.45) is 1.19. The van der Waals surface area contributed by atoms with E-state index in [1.807, 2.05) is 23.9 Å². The smallest absolute Gasteiger partial charge is 0.132 e. The number of benzene rings is 1. The molecular weight excluding hydrogens is 206 g/mol. The van der Waals surface area contributed by atoms with Gasteiger partial charge in [0, 0.05) is 4.90 Å². The van der Waals surface area contributed by atoms with Gasteiger partial charge in [-0.25, -0.2) is 0 Å². The fourth-order valence-electron chi connectivity index (χ4n) is 1.29. The molecule has 0 saturated carbocycles. The molecule has 15 heavy (non-hydrogen) atoms. The van der Waals surface area contributed by atoms with Crippen molar-refractivity contribution < 1.29 is 4.74 Å². The Hall–Kier alpha value is -0.670. The van der Waals surface area contributed by atoms with E-state index in [2.05, 4.69) is 24.4 Å². The third-order valence-corrected chi connectivity index (χ3v) is 3.22. The molecule has 84 valence electrons. The van der Waals surface area contributed by atoms with Crippen molar-refractivity contribution in [2.45, 2.75) is 18.2 Å². The topological polar surface area (TPSA) is 21.3 Å². The number of rotatable bonds is 7. The van der Waals surface area contributed by atoms with E-state index in [9.17, 15) is 0 Å². The molecule has 0 spiro atoms. The van der Waals surface area contributed by atoms with E-state index < -0.39 is 0 Å². The maximum atomic E-state index is 5.29. The van der Waals surface area contributed by atoms with Gasteiger partial charge in [0.25, 0.3) is 0 Å². The normalized spacial score (nSPS) is 10.3. The Kier molecular flexibility index (Phi) is 6.28. The van der Waals surface area contributed by atoms with Crippen LogP contribution in [0.15, 0.2) is 29.2 Å². The average Bonchev–Trinajstić information content (AvgIpc) is 2.29. The number of hydrogen-bond acceptors (Lipinski definition) is 3. The van der Waals surface area contributed by atoms with E-state index in [1.54, 1.807) is 7.11 Å². The summed E-state index contributed by atoms with van der Waals surface area (Å²) in [5.74, 6) is 2.11. The molecule has 3 heteroatoms. The van der Waals surface area contributed by atoms with Crippen LogP contribution >= 0.6 is 11.8 Å². The molecule has 0 bridgehead atoms. The summed E-state index contributed by atoms with van der Waals surface area (Å²) in [4.78, 5) is 1.23. The summed E-state index contributed by atoms with van der Waals surface area (Å²) in [5, 5.41) is 3.32. The molecule has 1 aromatic carbocycles.